The highest BCUT2D eigenvalue weighted by molar-refractivity contribution is 7.92. The molecule has 7 heteroatoms. The van der Waals surface area contributed by atoms with Gasteiger partial charge in [0.25, 0.3) is 15.9 Å². The third-order valence-corrected chi connectivity index (χ3v) is 7.36. The number of ether oxygens (including phenoxy) is 1. The summed E-state index contributed by atoms with van der Waals surface area (Å²) in [4.78, 5) is 15.1. The van der Waals surface area contributed by atoms with E-state index in [0.717, 1.165) is 5.56 Å². The van der Waals surface area contributed by atoms with Gasteiger partial charge in [0.05, 0.1) is 23.2 Å². The van der Waals surface area contributed by atoms with Crippen LogP contribution >= 0.6 is 0 Å². The molecule has 0 radical (unpaired) electrons. The first-order chi connectivity index (χ1) is 15.4. The van der Waals surface area contributed by atoms with E-state index in [4.69, 9.17) is 4.74 Å². The first-order valence-corrected chi connectivity index (χ1v) is 11.9. The predicted molar refractivity (Wildman–Crippen MR) is 124 cm³/mol. The molecule has 0 bridgehead atoms. The molecule has 0 aliphatic carbocycles. The van der Waals surface area contributed by atoms with Gasteiger partial charge >= 0.3 is 0 Å². The fourth-order valence-electron chi connectivity index (χ4n) is 3.88. The smallest absolute Gasteiger partial charge is 0.264 e. The van der Waals surface area contributed by atoms with Crippen molar-refractivity contribution in [3.05, 3.63) is 96.1 Å². The Morgan fingerprint density at radius 3 is 2.28 bits per heavy atom. The van der Waals surface area contributed by atoms with Crippen LogP contribution in [0.5, 0.6) is 0 Å². The Morgan fingerprint density at radius 2 is 1.59 bits per heavy atom. The van der Waals surface area contributed by atoms with Crippen LogP contribution in [0.15, 0.2) is 89.8 Å². The van der Waals surface area contributed by atoms with E-state index < -0.39 is 10.0 Å². The molecule has 0 N–H and O–H groups in total. The van der Waals surface area contributed by atoms with E-state index in [2.05, 4.69) is 0 Å². The first-order valence-electron chi connectivity index (χ1n) is 10.5. The van der Waals surface area contributed by atoms with Crippen LogP contribution in [0.3, 0.4) is 0 Å². The number of sulfonamides is 1. The topological polar surface area (TPSA) is 66.9 Å². The number of morpholine rings is 1. The van der Waals surface area contributed by atoms with E-state index in [1.54, 1.807) is 41.3 Å². The zero-order chi connectivity index (χ0) is 22.7. The van der Waals surface area contributed by atoms with Gasteiger partial charge in [-0.25, -0.2) is 8.42 Å². The molecule has 1 aliphatic heterocycles. The Kier molecular flexibility index (Phi) is 6.30. The number of benzene rings is 3. The molecule has 2 unspecified atom stereocenters. The molecule has 3 aromatic carbocycles. The number of nitrogens with zero attached hydrogens (tertiary/aromatic N) is 2. The molecular weight excluding hydrogens is 424 g/mol. The minimum Gasteiger partial charge on any atom is -0.367 e. The summed E-state index contributed by atoms with van der Waals surface area (Å²) in [6.45, 7) is 2.79. The fraction of sp³-hybridized carbons (Fsp3) is 0.240. The van der Waals surface area contributed by atoms with Crippen molar-refractivity contribution in [3.63, 3.8) is 0 Å². The van der Waals surface area contributed by atoms with Gasteiger partial charge < -0.3 is 9.64 Å². The van der Waals surface area contributed by atoms with Crippen LogP contribution in [0.25, 0.3) is 0 Å². The lowest BCUT2D eigenvalue weighted by Gasteiger charge is -2.37. The highest BCUT2D eigenvalue weighted by Gasteiger charge is 2.30. The molecule has 32 heavy (non-hydrogen) atoms. The van der Waals surface area contributed by atoms with Crippen molar-refractivity contribution in [3.8, 4) is 0 Å². The molecule has 2 atom stereocenters. The molecule has 0 aromatic heterocycles. The van der Waals surface area contributed by atoms with E-state index in [-0.39, 0.29) is 23.0 Å². The van der Waals surface area contributed by atoms with E-state index in [1.807, 2.05) is 43.3 Å². The average molecular weight is 451 g/mol. The molecule has 3 aromatic rings. The van der Waals surface area contributed by atoms with Crippen LogP contribution in [0.2, 0.25) is 0 Å². The number of hydrogen-bond donors (Lipinski definition) is 0. The quantitative estimate of drug-likeness (QED) is 0.587. The van der Waals surface area contributed by atoms with Crippen LogP contribution < -0.4 is 4.31 Å². The maximum absolute atomic E-state index is 13.3. The number of amides is 1. The molecule has 1 aliphatic rings. The van der Waals surface area contributed by atoms with Gasteiger partial charge in [0.15, 0.2) is 0 Å². The standard InChI is InChI=1S/C25H26N2O4S/c1-19-17-27(18-24(31-19)20-10-5-3-6-11-20)25(28)21-12-9-15-23(16-21)32(29,30)26(2)22-13-7-4-8-14-22/h3-16,19,24H,17-18H2,1-2H3. The van der Waals surface area contributed by atoms with Gasteiger partial charge in [0.2, 0.25) is 0 Å². The van der Waals surface area contributed by atoms with Crippen LogP contribution in [0.4, 0.5) is 5.69 Å². The summed E-state index contributed by atoms with van der Waals surface area (Å²) in [6, 6.07) is 24.9. The Morgan fingerprint density at radius 1 is 0.938 bits per heavy atom. The van der Waals surface area contributed by atoms with E-state index >= 15 is 0 Å². The predicted octanol–water partition coefficient (Wildman–Crippen LogP) is 4.11. The van der Waals surface area contributed by atoms with Gasteiger partial charge in [-0.1, -0.05) is 54.6 Å². The van der Waals surface area contributed by atoms with Gasteiger partial charge in [-0.15, -0.1) is 0 Å². The normalized spacial score (nSPS) is 18.9. The number of carbonyl (C=O) groups is 1. The van der Waals surface area contributed by atoms with Gasteiger partial charge in [-0.2, -0.15) is 0 Å². The minimum atomic E-state index is -3.81. The highest BCUT2D eigenvalue weighted by atomic mass is 32.2. The third kappa shape index (κ3) is 4.54. The summed E-state index contributed by atoms with van der Waals surface area (Å²) in [5.74, 6) is -0.208. The summed E-state index contributed by atoms with van der Waals surface area (Å²) in [7, 11) is -2.30. The van der Waals surface area contributed by atoms with Crippen molar-refractivity contribution in [2.45, 2.75) is 24.0 Å². The number of hydrogen-bond acceptors (Lipinski definition) is 4. The number of anilines is 1. The van der Waals surface area contributed by atoms with E-state index in [9.17, 15) is 13.2 Å². The molecule has 1 fully saturated rings. The van der Waals surface area contributed by atoms with Crippen molar-refractivity contribution in [2.75, 3.05) is 24.4 Å². The monoisotopic (exact) mass is 450 g/mol. The van der Waals surface area contributed by atoms with Crippen LogP contribution in [-0.2, 0) is 14.8 Å². The van der Waals surface area contributed by atoms with Crippen molar-refractivity contribution in [2.24, 2.45) is 0 Å². The summed E-state index contributed by atoms with van der Waals surface area (Å²) in [5, 5.41) is 0. The summed E-state index contributed by atoms with van der Waals surface area (Å²) in [6.07, 6.45) is -0.353. The maximum atomic E-state index is 13.3. The van der Waals surface area contributed by atoms with Gasteiger partial charge in [0.1, 0.15) is 6.10 Å². The molecule has 1 amide bonds. The second-order valence-corrected chi connectivity index (χ2v) is 9.86. The molecular formula is C25H26N2O4S. The molecule has 0 spiro atoms. The van der Waals surface area contributed by atoms with Crippen LogP contribution in [0.1, 0.15) is 28.9 Å². The Labute approximate surface area is 189 Å². The van der Waals surface area contributed by atoms with E-state index in [0.29, 0.717) is 24.3 Å². The highest BCUT2D eigenvalue weighted by Crippen LogP contribution is 2.27. The molecule has 6 nitrogen and oxygen atoms in total. The molecule has 1 heterocycles. The number of rotatable bonds is 5. The Hall–Kier alpha value is -3.16. The number of carbonyl (C=O) groups excluding carboxylic acids is 1. The average Bonchev–Trinajstić information content (AvgIpc) is 2.84. The fourth-order valence-corrected chi connectivity index (χ4v) is 5.12. The maximum Gasteiger partial charge on any atom is 0.264 e. The van der Waals surface area contributed by atoms with Gasteiger partial charge in [-0.3, -0.25) is 9.10 Å². The van der Waals surface area contributed by atoms with Crippen LogP contribution in [0, 0.1) is 0 Å². The lowest BCUT2D eigenvalue weighted by molar-refractivity contribution is -0.0691. The second kappa shape index (κ2) is 9.14. The summed E-state index contributed by atoms with van der Waals surface area (Å²) < 4.78 is 33.6. The minimum absolute atomic E-state index is 0.0793. The van der Waals surface area contributed by atoms with Crippen molar-refractivity contribution in [1.29, 1.82) is 0 Å². The summed E-state index contributed by atoms with van der Waals surface area (Å²) >= 11 is 0. The van der Waals surface area contributed by atoms with Crippen molar-refractivity contribution >= 4 is 21.6 Å². The first kappa shape index (κ1) is 22.0. The Balaban J connectivity index is 1.58. The lowest BCUT2D eigenvalue weighted by atomic mass is 10.1. The molecule has 0 saturated carbocycles. The van der Waals surface area contributed by atoms with Gasteiger partial charge in [-0.05, 0) is 42.8 Å². The largest absolute Gasteiger partial charge is 0.367 e. The molecule has 4 rings (SSSR count). The molecule has 1 saturated heterocycles. The van der Waals surface area contributed by atoms with Crippen molar-refractivity contribution in [1.82, 2.24) is 4.90 Å². The van der Waals surface area contributed by atoms with E-state index in [1.165, 1.54) is 23.5 Å². The SMILES string of the molecule is CC1CN(C(=O)c2cccc(S(=O)(=O)N(C)c3ccccc3)c2)CC(c2ccccc2)O1. The zero-order valence-electron chi connectivity index (χ0n) is 18.1. The van der Waals surface area contributed by atoms with Crippen LogP contribution in [-0.4, -0.2) is 45.5 Å². The summed E-state index contributed by atoms with van der Waals surface area (Å²) in [5.41, 5.74) is 1.91. The molecule has 166 valence electrons. The van der Waals surface area contributed by atoms with Crippen molar-refractivity contribution < 1.29 is 17.9 Å². The van der Waals surface area contributed by atoms with Gasteiger partial charge in [0, 0.05) is 19.2 Å². The third-order valence-electron chi connectivity index (χ3n) is 5.58. The number of para-hydroxylation sites is 1. The lowest BCUT2D eigenvalue weighted by Crippen LogP contribution is -2.46. The Bertz CT molecular complexity index is 1180. The second-order valence-electron chi connectivity index (χ2n) is 7.89. The zero-order valence-corrected chi connectivity index (χ0v) is 18.9.